The maximum atomic E-state index is 14.0. The first kappa shape index (κ1) is 29.8. The molecule has 1 saturated heterocycles. The number of aliphatic hydroxyl groups is 2. The summed E-state index contributed by atoms with van der Waals surface area (Å²) in [6, 6.07) is 1.64. The van der Waals surface area contributed by atoms with Gasteiger partial charge in [-0.1, -0.05) is 30.2 Å². The summed E-state index contributed by atoms with van der Waals surface area (Å²) in [7, 11) is 0. The summed E-state index contributed by atoms with van der Waals surface area (Å²) >= 11 is 2.86. The van der Waals surface area contributed by atoms with Gasteiger partial charge in [-0.3, -0.25) is 0 Å². The maximum absolute atomic E-state index is 14.0. The highest BCUT2D eigenvalue weighted by molar-refractivity contribution is 9.10. The Hall–Kier alpha value is -2.80. The number of rotatable bonds is 6. The Balaban J connectivity index is 0.00000195. The van der Waals surface area contributed by atoms with Crippen molar-refractivity contribution in [3.8, 4) is 11.3 Å². The molecule has 1 fully saturated rings. The van der Waals surface area contributed by atoms with Crippen LogP contribution in [0.3, 0.4) is 0 Å². The summed E-state index contributed by atoms with van der Waals surface area (Å²) in [5, 5.41) is 33.3. The van der Waals surface area contributed by atoms with Gasteiger partial charge in [-0.2, -0.15) is 5.10 Å². The minimum absolute atomic E-state index is 0.200. The van der Waals surface area contributed by atoms with Crippen molar-refractivity contribution in [2.24, 2.45) is 0 Å². The number of nitrogens with zero attached hydrogens (tertiary/aromatic N) is 6. The van der Waals surface area contributed by atoms with Crippen molar-refractivity contribution in [3.05, 3.63) is 63.8 Å². The van der Waals surface area contributed by atoms with E-state index >= 15 is 0 Å². The van der Waals surface area contributed by atoms with E-state index in [1.807, 2.05) is 47.6 Å². The predicted molar refractivity (Wildman–Crippen MR) is 143 cm³/mol. The number of ether oxygens (including phenoxy) is 1. The van der Waals surface area contributed by atoms with Gasteiger partial charge in [0.1, 0.15) is 42.0 Å². The predicted octanol–water partition coefficient (Wildman–Crippen LogP) is 5.25. The van der Waals surface area contributed by atoms with E-state index in [9.17, 15) is 19.0 Å². The molecular weight excluding hydrogens is 562 g/mol. The Morgan fingerprint density at radius 3 is 2.45 bits per heavy atom. The van der Waals surface area contributed by atoms with Gasteiger partial charge in [-0.15, -0.1) is 5.10 Å². The molecule has 4 unspecified atom stereocenters. The third-order valence-corrected chi connectivity index (χ3v) is 7.05. The summed E-state index contributed by atoms with van der Waals surface area (Å²) in [5.74, 6) is -1.02. The molecule has 0 bridgehead atoms. The first-order valence-corrected chi connectivity index (χ1v) is 13.1. The van der Waals surface area contributed by atoms with Crippen LogP contribution in [0.15, 0.2) is 46.4 Å². The van der Waals surface area contributed by atoms with Gasteiger partial charge in [-0.05, 0) is 61.8 Å². The molecule has 0 spiro atoms. The van der Waals surface area contributed by atoms with Gasteiger partial charge in [0, 0.05) is 17.7 Å². The first-order valence-electron chi connectivity index (χ1n) is 12.3. The van der Waals surface area contributed by atoms with Crippen LogP contribution in [-0.4, -0.2) is 58.8 Å². The highest BCUT2D eigenvalue weighted by Crippen LogP contribution is 2.38. The number of allylic oxidation sites excluding steroid dienone is 4. The van der Waals surface area contributed by atoms with Gasteiger partial charge in [0.25, 0.3) is 0 Å². The van der Waals surface area contributed by atoms with Gasteiger partial charge in [0.15, 0.2) is 5.82 Å². The average Bonchev–Trinajstić information content (AvgIpc) is 3.59. The Bertz CT molecular complexity index is 1290. The summed E-state index contributed by atoms with van der Waals surface area (Å²) < 4.78 is 36.9. The van der Waals surface area contributed by atoms with Crippen LogP contribution in [0.2, 0.25) is 0 Å². The SMILES string of the molecule is CC.CC(C)=C(C)/C=C(\C)n1ncnc1C1CC(n2cc(-c3cc(F)c(Br)c(F)c3)nn2)C(O)C(CO)O1. The summed E-state index contributed by atoms with van der Waals surface area (Å²) in [6.45, 7) is 11.5. The van der Waals surface area contributed by atoms with Gasteiger partial charge < -0.3 is 14.9 Å². The Morgan fingerprint density at radius 2 is 1.84 bits per heavy atom. The fourth-order valence-corrected chi connectivity index (χ4v) is 4.30. The fourth-order valence-electron chi connectivity index (χ4n) is 4.07. The van der Waals surface area contributed by atoms with Crippen molar-refractivity contribution < 1.29 is 23.7 Å². The number of halogens is 3. The topological polar surface area (TPSA) is 111 Å². The average molecular weight is 595 g/mol. The van der Waals surface area contributed by atoms with E-state index in [2.05, 4.69) is 36.3 Å². The van der Waals surface area contributed by atoms with E-state index in [-0.39, 0.29) is 22.2 Å². The number of aromatic nitrogens is 6. The van der Waals surface area contributed by atoms with Crippen molar-refractivity contribution in [1.82, 2.24) is 29.8 Å². The molecular formula is C26H33BrF2N6O3. The number of hydrogen-bond acceptors (Lipinski definition) is 7. The Labute approximate surface area is 229 Å². The zero-order valence-corrected chi connectivity index (χ0v) is 23.8. The molecule has 206 valence electrons. The van der Waals surface area contributed by atoms with Gasteiger partial charge in [0.2, 0.25) is 0 Å². The van der Waals surface area contributed by atoms with Crippen LogP contribution in [-0.2, 0) is 4.74 Å². The lowest BCUT2D eigenvalue weighted by Gasteiger charge is -2.38. The molecule has 2 aromatic heterocycles. The van der Waals surface area contributed by atoms with Crippen molar-refractivity contribution >= 4 is 21.6 Å². The standard InChI is InChI=1S/C24H27BrF2N6O3.C2H6/c1-12(2)13(3)5-14(4)33-24(28-11-29-33)20-8-19(23(35)21(10-34)36-20)32-9-18(30-31-32)15-6-16(26)22(25)17(27)7-15;1-2/h5-7,9,11,19-21,23,34-35H,8,10H2,1-4H3;1-2H3/b14-5+;. The molecule has 3 aromatic rings. The van der Waals surface area contributed by atoms with E-state index in [1.54, 1.807) is 4.68 Å². The van der Waals surface area contributed by atoms with E-state index < -0.39 is 42.6 Å². The molecule has 1 aliphatic heterocycles. The Morgan fingerprint density at radius 1 is 1.18 bits per heavy atom. The zero-order valence-electron chi connectivity index (χ0n) is 22.2. The molecule has 4 atom stereocenters. The third-order valence-electron chi connectivity index (χ3n) is 6.29. The van der Waals surface area contributed by atoms with Gasteiger partial charge in [-0.25, -0.2) is 23.1 Å². The molecule has 0 aliphatic carbocycles. The number of aliphatic hydroxyl groups excluding tert-OH is 2. The van der Waals surface area contributed by atoms with Crippen LogP contribution in [0, 0.1) is 11.6 Å². The second-order valence-electron chi connectivity index (χ2n) is 8.98. The number of benzene rings is 1. The van der Waals surface area contributed by atoms with E-state index in [0.29, 0.717) is 5.82 Å². The molecule has 3 heterocycles. The monoisotopic (exact) mass is 594 g/mol. The molecule has 12 heteroatoms. The van der Waals surface area contributed by atoms with Crippen LogP contribution in [0.25, 0.3) is 17.0 Å². The zero-order chi connectivity index (χ0) is 28.1. The Kier molecular flexibility index (Phi) is 10.0. The summed E-state index contributed by atoms with van der Waals surface area (Å²) in [6.07, 6.45) is 2.51. The lowest BCUT2D eigenvalue weighted by atomic mass is 9.95. The molecule has 0 radical (unpaired) electrons. The second kappa shape index (κ2) is 12.8. The summed E-state index contributed by atoms with van der Waals surface area (Å²) in [4.78, 5) is 4.39. The second-order valence-corrected chi connectivity index (χ2v) is 9.77. The van der Waals surface area contributed by atoms with E-state index in [0.717, 1.165) is 23.4 Å². The van der Waals surface area contributed by atoms with Gasteiger partial charge in [0.05, 0.1) is 23.3 Å². The number of hydrogen-bond donors (Lipinski definition) is 2. The maximum Gasteiger partial charge on any atom is 0.160 e. The molecule has 1 aromatic carbocycles. The van der Waals surface area contributed by atoms with E-state index in [1.165, 1.54) is 22.8 Å². The van der Waals surface area contributed by atoms with Crippen LogP contribution in [0.5, 0.6) is 0 Å². The molecule has 1 aliphatic rings. The van der Waals surface area contributed by atoms with Crippen LogP contribution < -0.4 is 0 Å². The van der Waals surface area contributed by atoms with Crippen molar-refractivity contribution in [1.29, 1.82) is 0 Å². The molecule has 0 amide bonds. The van der Waals surface area contributed by atoms with Crippen molar-refractivity contribution in [2.75, 3.05) is 6.61 Å². The lowest BCUT2D eigenvalue weighted by molar-refractivity contribution is -0.161. The highest BCUT2D eigenvalue weighted by atomic mass is 79.9. The summed E-state index contributed by atoms with van der Waals surface area (Å²) in [5.41, 5.74) is 3.52. The largest absolute Gasteiger partial charge is 0.394 e. The smallest absolute Gasteiger partial charge is 0.160 e. The normalized spacial score (nSPS) is 21.6. The highest BCUT2D eigenvalue weighted by Gasteiger charge is 2.41. The fraction of sp³-hybridized carbons (Fsp3) is 0.462. The third kappa shape index (κ3) is 6.25. The molecule has 9 nitrogen and oxygen atoms in total. The van der Waals surface area contributed by atoms with Crippen molar-refractivity contribution in [3.63, 3.8) is 0 Å². The van der Waals surface area contributed by atoms with Crippen molar-refractivity contribution in [2.45, 2.75) is 72.3 Å². The minimum atomic E-state index is -1.11. The minimum Gasteiger partial charge on any atom is -0.394 e. The van der Waals surface area contributed by atoms with Crippen LogP contribution in [0.1, 0.15) is 65.9 Å². The molecule has 4 rings (SSSR count). The van der Waals surface area contributed by atoms with Crippen LogP contribution >= 0.6 is 15.9 Å². The van der Waals surface area contributed by atoms with Crippen LogP contribution in [0.4, 0.5) is 8.78 Å². The van der Waals surface area contributed by atoms with E-state index in [4.69, 9.17) is 4.74 Å². The first-order chi connectivity index (χ1) is 18.1. The molecule has 38 heavy (non-hydrogen) atoms. The molecule has 0 saturated carbocycles. The van der Waals surface area contributed by atoms with Gasteiger partial charge >= 0.3 is 0 Å². The molecule has 2 N–H and O–H groups in total. The lowest BCUT2D eigenvalue weighted by Crippen LogP contribution is -2.45. The quantitative estimate of drug-likeness (QED) is 0.296.